The Labute approximate surface area is 154 Å². The number of fused-ring (bicyclic) bond motifs is 1. The summed E-state index contributed by atoms with van der Waals surface area (Å²) in [6, 6.07) is 7.69. The number of nitrogens with one attached hydrogen (secondary N) is 2. The van der Waals surface area contributed by atoms with Crippen LogP contribution in [-0.4, -0.2) is 15.0 Å². The number of aromatic amines is 1. The van der Waals surface area contributed by atoms with E-state index in [1.807, 2.05) is 35.0 Å². The number of hydrogen-bond acceptors (Lipinski definition) is 5. The van der Waals surface area contributed by atoms with Crippen LogP contribution in [0.2, 0.25) is 0 Å². The van der Waals surface area contributed by atoms with Gasteiger partial charge in [-0.25, -0.2) is 0 Å². The standard InChI is InChI=1S/C20H18N4OS/c1-12(2)19-18(9-14(20(25)24-19)13-5-8-26-11-13)23-17-4-7-22-16-3-6-21-10-15(16)17/h3-12H,1-2H3,(H,22,23)(H,24,25). The molecule has 0 atom stereocenters. The Morgan fingerprint density at radius 1 is 1.15 bits per heavy atom. The Morgan fingerprint density at radius 3 is 2.81 bits per heavy atom. The summed E-state index contributed by atoms with van der Waals surface area (Å²) in [7, 11) is 0. The molecule has 0 saturated heterocycles. The van der Waals surface area contributed by atoms with Gasteiger partial charge < -0.3 is 10.3 Å². The summed E-state index contributed by atoms with van der Waals surface area (Å²) in [6.07, 6.45) is 5.30. The van der Waals surface area contributed by atoms with Crippen molar-refractivity contribution < 1.29 is 0 Å². The van der Waals surface area contributed by atoms with E-state index in [0.29, 0.717) is 5.56 Å². The fourth-order valence-corrected chi connectivity index (χ4v) is 3.63. The molecule has 6 heteroatoms. The molecule has 0 unspecified atom stereocenters. The highest BCUT2D eigenvalue weighted by molar-refractivity contribution is 7.08. The van der Waals surface area contributed by atoms with Gasteiger partial charge in [-0.15, -0.1) is 0 Å². The smallest absolute Gasteiger partial charge is 0.256 e. The number of rotatable bonds is 4. The lowest BCUT2D eigenvalue weighted by atomic mass is 10.0. The molecule has 26 heavy (non-hydrogen) atoms. The maximum Gasteiger partial charge on any atom is 0.256 e. The number of H-pyrrole nitrogens is 1. The van der Waals surface area contributed by atoms with Crippen molar-refractivity contribution in [1.29, 1.82) is 0 Å². The zero-order valence-corrected chi connectivity index (χ0v) is 15.3. The van der Waals surface area contributed by atoms with Crippen LogP contribution in [0, 0.1) is 0 Å². The van der Waals surface area contributed by atoms with Crippen LogP contribution >= 0.6 is 11.3 Å². The first kappa shape index (κ1) is 16.5. The molecule has 0 spiro atoms. The molecule has 2 N–H and O–H groups in total. The molecular weight excluding hydrogens is 344 g/mol. The summed E-state index contributed by atoms with van der Waals surface area (Å²) in [5.74, 6) is 0.174. The number of anilines is 2. The summed E-state index contributed by atoms with van der Waals surface area (Å²) >= 11 is 1.58. The Kier molecular flexibility index (Phi) is 4.26. The van der Waals surface area contributed by atoms with Gasteiger partial charge in [0.1, 0.15) is 0 Å². The number of pyridine rings is 3. The first-order chi connectivity index (χ1) is 12.6. The highest BCUT2D eigenvalue weighted by Crippen LogP contribution is 2.31. The number of nitrogens with zero attached hydrogens (tertiary/aromatic N) is 2. The normalized spacial score (nSPS) is 11.2. The van der Waals surface area contributed by atoms with Gasteiger partial charge in [-0.3, -0.25) is 14.8 Å². The van der Waals surface area contributed by atoms with Gasteiger partial charge >= 0.3 is 0 Å². The van der Waals surface area contributed by atoms with E-state index in [-0.39, 0.29) is 11.5 Å². The zero-order chi connectivity index (χ0) is 18.1. The number of thiophene rings is 1. The molecule has 0 aromatic carbocycles. The minimum Gasteiger partial charge on any atom is -0.353 e. The van der Waals surface area contributed by atoms with Crippen LogP contribution in [0.3, 0.4) is 0 Å². The van der Waals surface area contributed by atoms with Gasteiger partial charge in [0.15, 0.2) is 0 Å². The Morgan fingerprint density at radius 2 is 2.04 bits per heavy atom. The second-order valence-electron chi connectivity index (χ2n) is 6.38. The highest BCUT2D eigenvalue weighted by Gasteiger charge is 2.14. The number of aromatic nitrogens is 3. The topological polar surface area (TPSA) is 70.7 Å². The van der Waals surface area contributed by atoms with Crippen molar-refractivity contribution in [3.8, 4) is 11.1 Å². The first-order valence-electron chi connectivity index (χ1n) is 8.39. The van der Waals surface area contributed by atoms with Crippen molar-refractivity contribution in [2.45, 2.75) is 19.8 Å². The Balaban J connectivity index is 1.87. The van der Waals surface area contributed by atoms with Crippen LogP contribution in [0.5, 0.6) is 0 Å². The summed E-state index contributed by atoms with van der Waals surface area (Å²) in [4.78, 5) is 24.2. The fraction of sp³-hybridized carbons (Fsp3) is 0.150. The lowest BCUT2D eigenvalue weighted by Crippen LogP contribution is -2.14. The summed E-state index contributed by atoms with van der Waals surface area (Å²) in [5, 5.41) is 8.37. The predicted molar refractivity (Wildman–Crippen MR) is 107 cm³/mol. The van der Waals surface area contributed by atoms with Crippen LogP contribution < -0.4 is 10.9 Å². The first-order valence-corrected chi connectivity index (χ1v) is 9.33. The molecule has 0 aliphatic rings. The van der Waals surface area contributed by atoms with Gasteiger partial charge in [0.05, 0.1) is 16.9 Å². The molecule has 4 aromatic rings. The second kappa shape index (κ2) is 6.72. The largest absolute Gasteiger partial charge is 0.353 e. The minimum atomic E-state index is -0.0705. The quantitative estimate of drug-likeness (QED) is 0.541. The molecule has 0 saturated carbocycles. The van der Waals surface area contributed by atoms with Crippen molar-refractivity contribution in [2.24, 2.45) is 0 Å². The minimum absolute atomic E-state index is 0.0705. The molecule has 0 aliphatic carbocycles. The monoisotopic (exact) mass is 362 g/mol. The molecule has 4 aromatic heterocycles. The molecule has 4 heterocycles. The lowest BCUT2D eigenvalue weighted by Gasteiger charge is -2.16. The third-order valence-electron chi connectivity index (χ3n) is 4.29. The van der Waals surface area contributed by atoms with Crippen LogP contribution in [0.15, 0.2) is 58.4 Å². The van der Waals surface area contributed by atoms with E-state index in [9.17, 15) is 4.79 Å². The third-order valence-corrected chi connectivity index (χ3v) is 4.98. The van der Waals surface area contributed by atoms with Crippen LogP contribution in [0.4, 0.5) is 11.4 Å². The van der Waals surface area contributed by atoms with E-state index in [1.165, 1.54) is 0 Å². The second-order valence-corrected chi connectivity index (χ2v) is 7.16. The lowest BCUT2D eigenvalue weighted by molar-refractivity contribution is 0.820. The van der Waals surface area contributed by atoms with Crippen LogP contribution in [0.1, 0.15) is 25.5 Å². The summed E-state index contributed by atoms with van der Waals surface area (Å²) in [5.41, 5.74) is 5.07. The van der Waals surface area contributed by atoms with Gasteiger partial charge in [-0.2, -0.15) is 11.3 Å². The zero-order valence-electron chi connectivity index (χ0n) is 14.5. The molecule has 0 radical (unpaired) electrons. The van der Waals surface area contributed by atoms with Crippen LogP contribution in [-0.2, 0) is 0 Å². The average molecular weight is 362 g/mol. The fourth-order valence-electron chi connectivity index (χ4n) is 2.98. The van der Waals surface area contributed by atoms with Crippen molar-refractivity contribution in [3.63, 3.8) is 0 Å². The molecular formula is C20H18N4OS. The van der Waals surface area contributed by atoms with E-state index in [0.717, 1.165) is 33.5 Å². The third kappa shape index (κ3) is 2.99. The summed E-state index contributed by atoms with van der Waals surface area (Å²) < 4.78 is 0. The van der Waals surface area contributed by atoms with Crippen molar-refractivity contribution in [2.75, 3.05) is 5.32 Å². The molecule has 5 nitrogen and oxygen atoms in total. The molecule has 0 fully saturated rings. The van der Waals surface area contributed by atoms with Crippen molar-refractivity contribution in [3.05, 3.63) is 69.7 Å². The highest BCUT2D eigenvalue weighted by atomic mass is 32.1. The maximum absolute atomic E-state index is 12.6. The van der Waals surface area contributed by atoms with Crippen LogP contribution in [0.25, 0.3) is 22.0 Å². The van der Waals surface area contributed by atoms with E-state index in [1.54, 1.807) is 29.9 Å². The Bertz CT molecular complexity index is 1110. The van der Waals surface area contributed by atoms with Crippen molar-refractivity contribution in [1.82, 2.24) is 15.0 Å². The van der Waals surface area contributed by atoms with Gasteiger partial charge in [0.25, 0.3) is 5.56 Å². The molecule has 130 valence electrons. The predicted octanol–water partition coefficient (Wildman–Crippen LogP) is 4.91. The SMILES string of the molecule is CC(C)c1[nH]c(=O)c(-c2ccsc2)cc1Nc1ccnc2ccncc12. The van der Waals surface area contributed by atoms with Gasteiger partial charge in [-0.1, -0.05) is 13.8 Å². The van der Waals surface area contributed by atoms with E-state index in [2.05, 4.69) is 34.1 Å². The summed E-state index contributed by atoms with van der Waals surface area (Å²) in [6.45, 7) is 4.12. The average Bonchev–Trinajstić information content (AvgIpc) is 3.17. The Hall–Kier alpha value is -2.99. The number of hydrogen-bond donors (Lipinski definition) is 2. The molecule has 0 aliphatic heterocycles. The van der Waals surface area contributed by atoms with E-state index >= 15 is 0 Å². The molecule has 4 rings (SSSR count). The van der Waals surface area contributed by atoms with Gasteiger partial charge in [0.2, 0.25) is 0 Å². The maximum atomic E-state index is 12.6. The molecule has 0 amide bonds. The van der Waals surface area contributed by atoms with E-state index < -0.39 is 0 Å². The van der Waals surface area contributed by atoms with Gasteiger partial charge in [0, 0.05) is 35.2 Å². The van der Waals surface area contributed by atoms with E-state index in [4.69, 9.17) is 0 Å². The van der Waals surface area contributed by atoms with Gasteiger partial charge in [-0.05, 0) is 46.5 Å². The molecule has 0 bridgehead atoms. The van der Waals surface area contributed by atoms with Crippen molar-refractivity contribution >= 4 is 33.6 Å².